The monoisotopic (exact) mass is 405 g/mol. The van der Waals surface area contributed by atoms with Crippen molar-refractivity contribution in [3.63, 3.8) is 0 Å². The second kappa shape index (κ2) is 9.82. The second-order valence-corrected chi connectivity index (χ2v) is 7.09. The molecular formula is C23H27N5O2. The Labute approximate surface area is 176 Å². The molecule has 7 heteroatoms. The number of ether oxygens (including phenoxy) is 2. The van der Waals surface area contributed by atoms with Gasteiger partial charge in [-0.1, -0.05) is 36.4 Å². The van der Waals surface area contributed by atoms with Gasteiger partial charge < -0.3 is 20.1 Å². The van der Waals surface area contributed by atoms with Crippen molar-refractivity contribution < 1.29 is 9.47 Å². The molecule has 30 heavy (non-hydrogen) atoms. The third-order valence-electron chi connectivity index (χ3n) is 4.78. The van der Waals surface area contributed by atoms with E-state index in [0.717, 1.165) is 49.1 Å². The largest absolute Gasteiger partial charge is 0.454 e. The molecule has 0 saturated heterocycles. The Bertz CT molecular complexity index is 984. The van der Waals surface area contributed by atoms with E-state index >= 15 is 0 Å². The van der Waals surface area contributed by atoms with Crippen LogP contribution >= 0.6 is 0 Å². The highest BCUT2D eigenvalue weighted by molar-refractivity contribution is 5.79. The molecule has 2 aromatic carbocycles. The molecule has 0 amide bonds. The van der Waals surface area contributed by atoms with Crippen LogP contribution < -0.4 is 20.1 Å². The zero-order valence-corrected chi connectivity index (χ0v) is 17.2. The fraction of sp³-hybridized carbons (Fsp3) is 0.304. The maximum Gasteiger partial charge on any atom is 0.231 e. The van der Waals surface area contributed by atoms with Crippen LogP contribution in [0.25, 0.3) is 0 Å². The Kier molecular flexibility index (Phi) is 6.49. The number of aromatic nitrogens is 2. The van der Waals surface area contributed by atoms with E-state index in [1.54, 1.807) is 0 Å². The van der Waals surface area contributed by atoms with Crippen LogP contribution in [0.4, 0.5) is 0 Å². The fourth-order valence-corrected chi connectivity index (χ4v) is 3.28. The number of fused-ring (bicyclic) bond motifs is 1. The molecular weight excluding hydrogens is 378 g/mol. The van der Waals surface area contributed by atoms with Gasteiger partial charge in [-0.2, -0.15) is 5.10 Å². The lowest BCUT2D eigenvalue weighted by molar-refractivity contribution is 0.174. The van der Waals surface area contributed by atoms with E-state index in [1.165, 1.54) is 11.1 Å². The minimum Gasteiger partial charge on any atom is -0.454 e. The van der Waals surface area contributed by atoms with E-state index in [9.17, 15) is 0 Å². The highest BCUT2D eigenvalue weighted by Gasteiger charge is 2.13. The zero-order valence-electron chi connectivity index (χ0n) is 17.2. The number of hydrogen-bond acceptors (Lipinski definition) is 4. The summed E-state index contributed by atoms with van der Waals surface area (Å²) in [7, 11) is 0. The van der Waals surface area contributed by atoms with Gasteiger partial charge in [0.15, 0.2) is 17.5 Å². The average molecular weight is 406 g/mol. The van der Waals surface area contributed by atoms with E-state index in [1.807, 2.05) is 47.4 Å². The number of rotatable bonds is 8. The van der Waals surface area contributed by atoms with Gasteiger partial charge in [0.25, 0.3) is 0 Å². The second-order valence-electron chi connectivity index (χ2n) is 7.09. The molecule has 2 N–H and O–H groups in total. The molecule has 0 unspecified atom stereocenters. The molecule has 1 aliphatic heterocycles. The average Bonchev–Trinajstić information content (AvgIpc) is 3.41. The van der Waals surface area contributed by atoms with Crippen molar-refractivity contribution in [1.82, 2.24) is 20.4 Å². The summed E-state index contributed by atoms with van der Waals surface area (Å²) in [5, 5.41) is 11.1. The van der Waals surface area contributed by atoms with Gasteiger partial charge in [-0.3, -0.25) is 4.68 Å². The first-order valence-electron chi connectivity index (χ1n) is 10.3. The molecule has 3 aromatic rings. The van der Waals surface area contributed by atoms with Crippen LogP contribution in [0.3, 0.4) is 0 Å². The molecule has 7 nitrogen and oxygen atoms in total. The van der Waals surface area contributed by atoms with Gasteiger partial charge in [0.2, 0.25) is 6.79 Å². The number of aliphatic imine (C=N–C) groups is 1. The lowest BCUT2D eigenvalue weighted by Gasteiger charge is -2.11. The summed E-state index contributed by atoms with van der Waals surface area (Å²) in [5.74, 6) is 2.43. The predicted octanol–water partition coefficient (Wildman–Crippen LogP) is 2.96. The summed E-state index contributed by atoms with van der Waals surface area (Å²) in [4.78, 5) is 4.69. The molecule has 2 heterocycles. The van der Waals surface area contributed by atoms with E-state index in [-0.39, 0.29) is 0 Å². The van der Waals surface area contributed by atoms with Crippen LogP contribution in [0.1, 0.15) is 23.6 Å². The van der Waals surface area contributed by atoms with Crippen molar-refractivity contribution in [1.29, 1.82) is 0 Å². The first-order chi connectivity index (χ1) is 14.8. The summed E-state index contributed by atoms with van der Waals surface area (Å²) in [6, 6.07) is 16.4. The highest BCUT2D eigenvalue weighted by atomic mass is 16.7. The number of nitrogens with one attached hydrogen (secondary N) is 2. The fourth-order valence-electron chi connectivity index (χ4n) is 3.28. The van der Waals surface area contributed by atoms with Crippen LogP contribution in [0.2, 0.25) is 0 Å². The van der Waals surface area contributed by atoms with Crippen LogP contribution in [-0.4, -0.2) is 35.6 Å². The molecule has 4 rings (SSSR count). The Morgan fingerprint density at radius 1 is 1.03 bits per heavy atom. The number of benzene rings is 2. The molecule has 0 saturated carbocycles. The summed E-state index contributed by atoms with van der Waals surface area (Å²) in [5.41, 5.74) is 3.51. The lowest BCUT2D eigenvalue weighted by Crippen LogP contribution is -2.38. The first kappa shape index (κ1) is 19.8. The molecule has 0 bridgehead atoms. The van der Waals surface area contributed by atoms with Crippen molar-refractivity contribution >= 4 is 5.96 Å². The van der Waals surface area contributed by atoms with Crippen LogP contribution in [0.15, 0.2) is 65.9 Å². The Hall–Kier alpha value is -3.48. The van der Waals surface area contributed by atoms with Crippen LogP contribution in [-0.2, 0) is 19.5 Å². The lowest BCUT2D eigenvalue weighted by atomic mass is 10.1. The molecule has 0 fully saturated rings. The Balaban J connectivity index is 1.29. The molecule has 0 atom stereocenters. The van der Waals surface area contributed by atoms with Crippen molar-refractivity contribution in [3.05, 3.63) is 77.6 Å². The highest BCUT2D eigenvalue weighted by Crippen LogP contribution is 2.32. The van der Waals surface area contributed by atoms with Crippen LogP contribution in [0, 0.1) is 0 Å². The van der Waals surface area contributed by atoms with Gasteiger partial charge in [-0.25, -0.2) is 4.99 Å². The third kappa shape index (κ3) is 5.31. The predicted molar refractivity (Wildman–Crippen MR) is 117 cm³/mol. The zero-order chi connectivity index (χ0) is 20.6. The summed E-state index contributed by atoms with van der Waals surface area (Å²) < 4.78 is 12.8. The van der Waals surface area contributed by atoms with E-state index in [0.29, 0.717) is 13.3 Å². The smallest absolute Gasteiger partial charge is 0.231 e. The Morgan fingerprint density at radius 3 is 2.77 bits per heavy atom. The standard InChI is InChI=1S/C23H27N5O2/c1-2-24-23(25-11-10-18-8-9-21-22(12-18)30-17-29-21)26-13-20-14-27-28(16-20)15-19-6-4-3-5-7-19/h3-9,12,14,16H,2,10-11,13,15,17H2,1H3,(H2,24,25,26). The van der Waals surface area contributed by atoms with Crippen molar-refractivity contribution in [3.8, 4) is 11.5 Å². The van der Waals surface area contributed by atoms with E-state index < -0.39 is 0 Å². The number of nitrogens with zero attached hydrogens (tertiary/aromatic N) is 3. The number of hydrogen-bond donors (Lipinski definition) is 2. The van der Waals surface area contributed by atoms with E-state index in [4.69, 9.17) is 9.47 Å². The van der Waals surface area contributed by atoms with Gasteiger partial charge >= 0.3 is 0 Å². The summed E-state index contributed by atoms with van der Waals surface area (Å²) in [6.45, 7) is 5.29. The summed E-state index contributed by atoms with van der Waals surface area (Å²) in [6.07, 6.45) is 4.80. The van der Waals surface area contributed by atoms with Crippen molar-refractivity contribution in [2.75, 3.05) is 19.9 Å². The quantitative estimate of drug-likeness (QED) is 0.445. The molecule has 0 spiro atoms. The minimum atomic E-state index is 0.302. The van der Waals surface area contributed by atoms with Crippen molar-refractivity contribution in [2.45, 2.75) is 26.4 Å². The first-order valence-corrected chi connectivity index (χ1v) is 10.3. The molecule has 1 aromatic heterocycles. The summed E-state index contributed by atoms with van der Waals surface area (Å²) >= 11 is 0. The Morgan fingerprint density at radius 2 is 1.90 bits per heavy atom. The molecule has 156 valence electrons. The van der Waals surface area contributed by atoms with Crippen LogP contribution in [0.5, 0.6) is 11.5 Å². The minimum absolute atomic E-state index is 0.302. The van der Waals surface area contributed by atoms with E-state index in [2.05, 4.69) is 45.8 Å². The normalized spacial score (nSPS) is 12.8. The molecule has 0 radical (unpaired) electrons. The van der Waals surface area contributed by atoms with Crippen molar-refractivity contribution in [2.24, 2.45) is 4.99 Å². The maximum atomic E-state index is 5.45. The topological polar surface area (TPSA) is 72.7 Å². The molecule has 1 aliphatic rings. The van der Waals surface area contributed by atoms with Gasteiger partial charge in [-0.05, 0) is 36.6 Å². The van der Waals surface area contributed by atoms with Gasteiger partial charge in [0, 0.05) is 24.8 Å². The third-order valence-corrected chi connectivity index (χ3v) is 4.78. The van der Waals surface area contributed by atoms with Gasteiger partial charge in [0.05, 0.1) is 19.3 Å². The number of guanidine groups is 1. The van der Waals surface area contributed by atoms with Gasteiger partial charge in [-0.15, -0.1) is 0 Å². The SMILES string of the molecule is CCNC(=NCc1cnn(Cc2ccccc2)c1)NCCc1ccc2c(c1)OCO2. The maximum absolute atomic E-state index is 5.45. The van der Waals surface area contributed by atoms with Gasteiger partial charge in [0.1, 0.15) is 0 Å². The molecule has 0 aliphatic carbocycles.